The van der Waals surface area contributed by atoms with Crippen molar-refractivity contribution in [3.8, 4) is 0 Å². The van der Waals surface area contributed by atoms with Crippen LogP contribution in [0.15, 0.2) is 22.7 Å². The van der Waals surface area contributed by atoms with E-state index in [4.69, 9.17) is 16.3 Å². The number of carbonyl (C=O) groups excluding carboxylic acids is 1. The number of rotatable bonds is 4. The number of hydrogen-bond donors (Lipinski definition) is 0. The molecule has 0 fully saturated rings. The lowest BCUT2D eigenvalue weighted by atomic mass is 9.97. The number of hydrogen-bond acceptors (Lipinski definition) is 2. The van der Waals surface area contributed by atoms with Crippen molar-refractivity contribution < 1.29 is 9.53 Å². The van der Waals surface area contributed by atoms with E-state index in [0.717, 1.165) is 10.0 Å². The predicted molar refractivity (Wildman–Crippen MR) is 69.0 cm³/mol. The van der Waals surface area contributed by atoms with Gasteiger partial charge in [-0.05, 0) is 31.5 Å². The molecule has 0 unspecified atom stereocenters. The van der Waals surface area contributed by atoms with Crippen molar-refractivity contribution in [2.75, 3.05) is 7.11 Å². The lowest BCUT2D eigenvalue weighted by Gasteiger charge is -2.21. The summed E-state index contributed by atoms with van der Waals surface area (Å²) < 4.78 is 6.04. The summed E-state index contributed by atoms with van der Waals surface area (Å²) in [6.07, 6.45) is 0.285. The van der Waals surface area contributed by atoms with Gasteiger partial charge >= 0.3 is 0 Å². The van der Waals surface area contributed by atoms with Crippen molar-refractivity contribution in [2.24, 2.45) is 0 Å². The first-order valence-corrected chi connectivity index (χ1v) is 6.06. The molecule has 1 rings (SSSR count). The van der Waals surface area contributed by atoms with Crippen molar-refractivity contribution in [1.82, 2.24) is 0 Å². The van der Waals surface area contributed by atoms with Gasteiger partial charge in [-0.1, -0.05) is 33.6 Å². The summed E-state index contributed by atoms with van der Waals surface area (Å²) in [6, 6.07) is 5.49. The highest BCUT2D eigenvalue weighted by Crippen LogP contribution is 2.23. The lowest BCUT2D eigenvalue weighted by Crippen LogP contribution is -2.35. The third-order valence-electron chi connectivity index (χ3n) is 2.55. The number of ketones is 1. The average Bonchev–Trinajstić information content (AvgIpc) is 2.22. The Balaban J connectivity index is 2.85. The molecular weight excluding hydrogens is 291 g/mol. The first-order valence-electron chi connectivity index (χ1n) is 4.89. The van der Waals surface area contributed by atoms with E-state index >= 15 is 0 Å². The zero-order valence-electron chi connectivity index (χ0n) is 9.51. The Morgan fingerprint density at radius 3 is 2.62 bits per heavy atom. The molecule has 0 aliphatic carbocycles. The fourth-order valence-electron chi connectivity index (χ4n) is 1.16. The van der Waals surface area contributed by atoms with Gasteiger partial charge in [0, 0.05) is 23.0 Å². The van der Waals surface area contributed by atoms with Gasteiger partial charge in [0.1, 0.15) is 5.60 Å². The van der Waals surface area contributed by atoms with Crippen LogP contribution in [0.1, 0.15) is 19.4 Å². The van der Waals surface area contributed by atoms with Crippen LogP contribution >= 0.6 is 27.5 Å². The summed E-state index contributed by atoms with van der Waals surface area (Å²) >= 11 is 9.37. The van der Waals surface area contributed by atoms with Crippen LogP contribution in [0.3, 0.4) is 0 Å². The molecule has 1 aromatic carbocycles. The Morgan fingerprint density at radius 1 is 1.50 bits per heavy atom. The molecular formula is C12H14BrClO2. The highest BCUT2D eigenvalue weighted by atomic mass is 79.9. The van der Waals surface area contributed by atoms with Crippen molar-refractivity contribution in [3.05, 3.63) is 33.3 Å². The van der Waals surface area contributed by atoms with Crippen LogP contribution in [0.5, 0.6) is 0 Å². The van der Waals surface area contributed by atoms with Crippen molar-refractivity contribution in [1.29, 1.82) is 0 Å². The molecule has 0 spiro atoms. The van der Waals surface area contributed by atoms with E-state index in [1.54, 1.807) is 19.9 Å². The van der Waals surface area contributed by atoms with Crippen LogP contribution in [-0.4, -0.2) is 18.5 Å². The van der Waals surface area contributed by atoms with E-state index in [1.165, 1.54) is 7.11 Å². The Hall–Kier alpha value is -0.380. The number of Topliss-reactive ketones (excluding diaryl/α,β-unsaturated/α-hetero) is 1. The first-order chi connectivity index (χ1) is 7.36. The summed E-state index contributed by atoms with van der Waals surface area (Å²) in [6.45, 7) is 3.50. The summed E-state index contributed by atoms with van der Waals surface area (Å²) in [5, 5.41) is 0.592. The summed E-state index contributed by atoms with van der Waals surface area (Å²) in [4.78, 5) is 11.9. The standard InChI is InChI=1S/C12H14BrClO2/c1-12(2,16-3)11(15)6-8-4-5-9(13)7-10(8)14/h4-5,7H,6H2,1-3H3. The van der Waals surface area contributed by atoms with Gasteiger partial charge in [-0.15, -0.1) is 0 Å². The van der Waals surface area contributed by atoms with Gasteiger partial charge in [-0.2, -0.15) is 0 Å². The van der Waals surface area contributed by atoms with E-state index in [2.05, 4.69) is 15.9 Å². The van der Waals surface area contributed by atoms with E-state index in [-0.39, 0.29) is 12.2 Å². The van der Waals surface area contributed by atoms with Crippen molar-refractivity contribution in [3.63, 3.8) is 0 Å². The summed E-state index contributed by atoms with van der Waals surface area (Å²) in [7, 11) is 1.53. The predicted octanol–water partition coefficient (Wildman–Crippen LogP) is 3.64. The first kappa shape index (κ1) is 13.7. The maximum atomic E-state index is 11.9. The maximum absolute atomic E-state index is 11.9. The highest BCUT2D eigenvalue weighted by Gasteiger charge is 2.27. The average molecular weight is 306 g/mol. The maximum Gasteiger partial charge on any atom is 0.168 e. The van der Waals surface area contributed by atoms with Crippen LogP contribution in [0.25, 0.3) is 0 Å². The molecule has 2 nitrogen and oxygen atoms in total. The molecule has 0 N–H and O–H groups in total. The minimum atomic E-state index is -0.767. The van der Waals surface area contributed by atoms with Gasteiger partial charge in [0.05, 0.1) is 0 Å². The zero-order valence-corrected chi connectivity index (χ0v) is 11.9. The Bertz CT molecular complexity index is 402. The van der Waals surface area contributed by atoms with Crippen LogP contribution in [0.2, 0.25) is 5.02 Å². The second kappa shape index (κ2) is 5.30. The fourth-order valence-corrected chi connectivity index (χ4v) is 1.90. The molecule has 0 radical (unpaired) electrons. The monoisotopic (exact) mass is 304 g/mol. The minimum absolute atomic E-state index is 0.0132. The largest absolute Gasteiger partial charge is 0.371 e. The third-order valence-corrected chi connectivity index (χ3v) is 3.39. The number of methoxy groups -OCH3 is 1. The lowest BCUT2D eigenvalue weighted by molar-refractivity contribution is -0.136. The van der Waals surface area contributed by atoms with Gasteiger partial charge in [-0.25, -0.2) is 0 Å². The Labute approximate surface area is 109 Å². The van der Waals surface area contributed by atoms with Gasteiger partial charge in [0.15, 0.2) is 5.78 Å². The van der Waals surface area contributed by atoms with E-state index < -0.39 is 5.60 Å². The molecule has 88 valence electrons. The van der Waals surface area contributed by atoms with Gasteiger partial charge in [-0.3, -0.25) is 4.79 Å². The molecule has 0 amide bonds. The van der Waals surface area contributed by atoms with E-state index in [0.29, 0.717) is 5.02 Å². The zero-order chi connectivity index (χ0) is 12.3. The molecule has 0 aliphatic rings. The van der Waals surface area contributed by atoms with Crippen LogP contribution in [-0.2, 0) is 16.0 Å². The van der Waals surface area contributed by atoms with Gasteiger partial charge in [0.25, 0.3) is 0 Å². The van der Waals surface area contributed by atoms with Crippen LogP contribution < -0.4 is 0 Å². The van der Waals surface area contributed by atoms with Gasteiger partial charge in [0.2, 0.25) is 0 Å². The topological polar surface area (TPSA) is 26.3 Å². The van der Waals surface area contributed by atoms with Crippen LogP contribution in [0.4, 0.5) is 0 Å². The molecule has 0 aromatic heterocycles. The Kier molecular flexibility index (Phi) is 4.53. The highest BCUT2D eigenvalue weighted by molar-refractivity contribution is 9.10. The van der Waals surface area contributed by atoms with Crippen LogP contribution in [0, 0.1) is 0 Å². The number of benzene rings is 1. The molecule has 0 saturated carbocycles. The van der Waals surface area contributed by atoms with E-state index in [9.17, 15) is 4.79 Å². The van der Waals surface area contributed by atoms with Gasteiger partial charge < -0.3 is 4.74 Å². The third kappa shape index (κ3) is 3.30. The Morgan fingerprint density at radius 2 is 2.12 bits per heavy atom. The number of carbonyl (C=O) groups is 1. The summed E-state index contributed by atoms with van der Waals surface area (Å²) in [5.74, 6) is 0.0132. The second-order valence-corrected chi connectivity index (χ2v) is 5.37. The fraction of sp³-hybridized carbons (Fsp3) is 0.417. The minimum Gasteiger partial charge on any atom is -0.371 e. The van der Waals surface area contributed by atoms with E-state index in [1.807, 2.05) is 12.1 Å². The molecule has 0 atom stereocenters. The molecule has 4 heteroatoms. The summed E-state index contributed by atoms with van der Waals surface area (Å²) in [5.41, 5.74) is 0.0520. The molecule has 1 aromatic rings. The molecule has 0 bridgehead atoms. The number of ether oxygens (including phenoxy) is 1. The van der Waals surface area contributed by atoms with Crippen molar-refractivity contribution in [2.45, 2.75) is 25.9 Å². The number of halogens is 2. The second-order valence-electron chi connectivity index (χ2n) is 4.05. The molecule has 0 saturated heterocycles. The van der Waals surface area contributed by atoms with Crippen molar-refractivity contribution >= 4 is 33.3 Å². The molecule has 0 heterocycles. The normalized spacial score (nSPS) is 11.6. The quantitative estimate of drug-likeness (QED) is 0.849. The molecule has 0 aliphatic heterocycles. The molecule has 16 heavy (non-hydrogen) atoms. The smallest absolute Gasteiger partial charge is 0.168 e. The SMILES string of the molecule is COC(C)(C)C(=O)Cc1ccc(Br)cc1Cl.